The first-order valence-corrected chi connectivity index (χ1v) is 11.1. The van der Waals surface area contributed by atoms with Crippen LogP contribution in [0.1, 0.15) is 45.7 Å². The Morgan fingerprint density at radius 3 is 2.46 bits per heavy atom. The number of rotatable bonds is 5. The molecule has 0 unspecified atom stereocenters. The number of carbonyl (C=O) groups excluding carboxylic acids is 1. The highest BCUT2D eigenvalue weighted by Crippen LogP contribution is 2.47. The molecule has 0 spiro atoms. The molecule has 0 bridgehead atoms. The van der Waals surface area contributed by atoms with E-state index in [1.807, 2.05) is 19.9 Å². The average Bonchev–Trinajstić information content (AvgIpc) is 3.16. The smallest absolute Gasteiger partial charge is 0.410 e. The van der Waals surface area contributed by atoms with Crippen LogP contribution in [0.2, 0.25) is 5.02 Å². The Morgan fingerprint density at radius 1 is 1.11 bits per heavy atom. The van der Waals surface area contributed by atoms with E-state index in [0.29, 0.717) is 22.7 Å². The molecule has 0 fully saturated rings. The molecule has 1 aliphatic heterocycles. The Balaban J connectivity index is 1.70. The number of anilines is 2. The third-order valence-electron chi connectivity index (χ3n) is 6.09. The maximum Gasteiger partial charge on any atom is 0.410 e. The minimum Gasteiger partial charge on any atom is -0.493 e. The number of hydrogen-bond donors (Lipinski definition) is 2. The zero-order valence-corrected chi connectivity index (χ0v) is 20.2. The van der Waals surface area contributed by atoms with Crippen LogP contribution in [0.3, 0.4) is 0 Å². The predicted octanol–water partition coefficient (Wildman–Crippen LogP) is 6.08. The summed E-state index contributed by atoms with van der Waals surface area (Å²) in [5.74, 6) is 0.0533. The summed E-state index contributed by atoms with van der Waals surface area (Å²) in [5, 5.41) is 9.46. The third-order valence-corrected chi connectivity index (χ3v) is 6.44. The quantitative estimate of drug-likeness (QED) is 0.436. The molecule has 1 amide bonds. The molecule has 1 aromatic heterocycles. The molecule has 2 aromatic carbocycles. The van der Waals surface area contributed by atoms with Gasteiger partial charge in [-0.3, -0.25) is 4.79 Å². The second-order valence-corrected chi connectivity index (χ2v) is 8.69. The van der Waals surface area contributed by atoms with Crippen molar-refractivity contribution < 1.29 is 27.4 Å². The molecule has 2 heterocycles. The van der Waals surface area contributed by atoms with Gasteiger partial charge in [0, 0.05) is 12.1 Å². The van der Waals surface area contributed by atoms with Gasteiger partial charge in [0.15, 0.2) is 23.2 Å². The molecule has 0 saturated carbocycles. The van der Waals surface area contributed by atoms with Gasteiger partial charge < -0.3 is 20.1 Å². The summed E-state index contributed by atoms with van der Waals surface area (Å²) in [4.78, 5) is 12.9. The minimum atomic E-state index is -4.62. The normalized spacial score (nSPS) is 17.4. The fourth-order valence-corrected chi connectivity index (χ4v) is 4.30. The summed E-state index contributed by atoms with van der Waals surface area (Å²) in [6, 6.07) is 7.43. The van der Waals surface area contributed by atoms with Crippen molar-refractivity contribution in [3.05, 3.63) is 63.8 Å². The Bertz CT molecular complexity index is 1280. The van der Waals surface area contributed by atoms with E-state index in [4.69, 9.17) is 21.1 Å². The molecule has 3 aromatic rings. The van der Waals surface area contributed by atoms with Crippen LogP contribution in [-0.4, -0.2) is 36.1 Å². The Labute approximate surface area is 205 Å². The molecule has 0 radical (unpaired) electrons. The number of benzene rings is 2. The van der Waals surface area contributed by atoms with Crippen LogP contribution in [0.25, 0.3) is 0 Å². The van der Waals surface area contributed by atoms with Gasteiger partial charge in [0.1, 0.15) is 10.8 Å². The van der Waals surface area contributed by atoms with Gasteiger partial charge in [0.2, 0.25) is 0 Å². The van der Waals surface area contributed by atoms with Gasteiger partial charge in [0.05, 0.1) is 20.3 Å². The van der Waals surface area contributed by atoms with Gasteiger partial charge in [0.25, 0.3) is 5.91 Å². The standard InChI is InChI=1S/C24H24ClF3N4O3/c1-12-5-7-15(9-13(12)2)29-23(33)21-20(25)22-30-16(11-19(24(26,27)28)32(22)31-21)14-6-8-17(34-3)18(10-14)35-4/h5-10,16,19,30H,11H2,1-4H3,(H,29,33)/t16-,19-/m1/s1. The highest BCUT2D eigenvalue weighted by atomic mass is 35.5. The van der Waals surface area contributed by atoms with E-state index in [9.17, 15) is 18.0 Å². The molecule has 0 aliphatic carbocycles. The van der Waals surface area contributed by atoms with Crippen LogP contribution >= 0.6 is 11.6 Å². The van der Waals surface area contributed by atoms with Crippen LogP contribution in [-0.2, 0) is 0 Å². The number of aryl methyl sites for hydroxylation is 2. The van der Waals surface area contributed by atoms with Crippen LogP contribution < -0.4 is 20.1 Å². The first-order valence-electron chi connectivity index (χ1n) is 10.7. The maximum atomic E-state index is 14.1. The fourth-order valence-electron chi connectivity index (χ4n) is 4.03. The number of alkyl halides is 3. The van der Waals surface area contributed by atoms with E-state index in [-0.39, 0.29) is 23.0 Å². The largest absolute Gasteiger partial charge is 0.493 e. The minimum absolute atomic E-state index is 0.0785. The highest BCUT2D eigenvalue weighted by molar-refractivity contribution is 6.36. The fraction of sp³-hybridized carbons (Fsp3) is 0.333. The summed E-state index contributed by atoms with van der Waals surface area (Å²) in [5.41, 5.74) is 2.73. The monoisotopic (exact) mass is 508 g/mol. The molecule has 4 rings (SSSR count). The van der Waals surface area contributed by atoms with Crippen molar-refractivity contribution in [1.29, 1.82) is 0 Å². The van der Waals surface area contributed by atoms with E-state index in [1.54, 1.807) is 30.3 Å². The Hall–Kier alpha value is -3.40. The number of nitrogens with one attached hydrogen (secondary N) is 2. The van der Waals surface area contributed by atoms with Gasteiger partial charge in [-0.05, 0) is 54.8 Å². The van der Waals surface area contributed by atoms with E-state index in [1.165, 1.54) is 14.2 Å². The Kier molecular flexibility index (Phi) is 6.59. The van der Waals surface area contributed by atoms with Crippen LogP contribution in [0, 0.1) is 13.8 Å². The van der Waals surface area contributed by atoms with Crippen molar-refractivity contribution in [1.82, 2.24) is 9.78 Å². The zero-order chi connectivity index (χ0) is 25.5. The lowest BCUT2D eigenvalue weighted by Gasteiger charge is -2.33. The molecular weight excluding hydrogens is 485 g/mol. The molecule has 11 heteroatoms. The maximum absolute atomic E-state index is 14.1. The topological polar surface area (TPSA) is 77.4 Å². The van der Waals surface area contributed by atoms with Crippen LogP contribution in [0.4, 0.5) is 24.7 Å². The van der Waals surface area contributed by atoms with Crippen molar-refractivity contribution in [3.63, 3.8) is 0 Å². The summed E-state index contributed by atoms with van der Waals surface area (Å²) in [7, 11) is 2.92. The average molecular weight is 509 g/mol. The van der Waals surface area contributed by atoms with Crippen molar-refractivity contribution >= 4 is 29.0 Å². The predicted molar refractivity (Wildman–Crippen MR) is 127 cm³/mol. The number of fused-ring (bicyclic) bond motifs is 1. The second kappa shape index (κ2) is 9.33. The summed E-state index contributed by atoms with van der Waals surface area (Å²) in [6.07, 6.45) is -4.98. The number of ether oxygens (including phenoxy) is 2. The van der Waals surface area contributed by atoms with Crippen molar-refractivity contribution in [3.8, 4) is 11.5 Å². The van der Waals surface area contributed by atoms with Gasteiger partial charge in [-0.15, -0.1) is 0 Å². The van der Waals surface area contributed by atoms with E-state index >= 15 is 0 Å². The summed E-state index contributed by atoms with van der Waals surface area (Å²) in [6.45, 7) is 3.82. The molecular formula is C24H24ClF3N4O3. The van der Waals surface area contributed by atoms with Gasteiger partial charge in [-0.2, -0.15) is 18.3 Å². The van der Waals surface area contributed by atoms with E-state index in [2.05, 4.69) is 15.7 Å². The van der Waals surface area contributed by atoms with Crippen molar-refractivity contribution in [2.24, 2.45) is 0 Å². The lowest BCUT2D eigenvalue weighted by molar-refractivity contribution is -0.173. The lowest BCUT2D eigenvalue weighted by atomic mass is 9.96. The SMILES string of the molecule is COc1ccc([C@H]2C[C@H](C(F)(F)F)n3nc(C(=O)Nc4ccc(C)c(C)c4)c(Cl)c3N2)cc1OC. The molecule has 2 atom stereocenters. The van der Waals surface area contributed by atoms with Gasteiger partial charge in [-0.1, -0.05) is 23.7 Å². The molecule has 2 N–H and O–H groups in total. The van der Waals surface area contributed by atoms with Crippen molar-refractivity contribution in [2.45, 2.75) is 38.5 Å². The molecule has 0 saturated heterocycles. The molecule has 7 nitrogen and oxygen atoms in total. The number of aromatic nitrogens is 2. The Morgan fingerprint density at radius 2 is 1.83 bits per heavy atom. The van der Waals surface area contributed by atoms with Crippen LogP contribution in [0.15, 0.2) is 36.4 Å². The molecule has 1 aliphatic rings. The van der Waals surface area contributed by atoms with E-state index < -0.39 is 24.2 Å². The van der Waals surface area contributed by atoms with Gasteiger partial charge in [-0.25, -0.2) is 4.68 Å². The first-order chi connectivity index (χ1) is 16.5. The summed E-state index contributed by atoms with van der Waals surface area (Å²) >= 11 is 6.42. The number of hydrogen-bond acceptors (Lipinski definition) is 5. The second-order valence-electron chi connectivity index (χ2n) is 8.31. The van der Waals surface area contributed by atoms with E-state index in [0.717, 1.165) is 15.8 Å². The number of halogens is 4. The van der Waals surface area contributed by atoms with Crippen molar-refractivity contribution in [2.75, 3.05) is 24.9 Å². The number of methoxy groups -OCH3 is 2. The zero-order valence-electron chi connectivity index (χ0n) is 19.5. The first kappa shape index (κ1) is 24.7. The molecule has 35 heavy (non-hydrogen) atoms. The molecule has 186 valence electrons. The van der Waals surface area contributed by atoms with Crippen LogP contribution in [0.5, 0.6) is 11.5 Å². The summed E-state index contributed by atoms with van der Waals surface area (Å²) < 4.78 is 53.5. The number of amides is 1. The number of carbonyl (C=O) groups is 1. The van der Waals surface area contributed by atoms with Gasteiger partial charge >= 0.3 is 6.18 Å². The number of nitrogens with zero attached hydrogens (tertiary/aromatic N) is 2. The highest BCUT2D eigenvalue weighted by Gasteiger charge is 2.48. The lowest BCUT2D eigenvalue weighted by Crippen LogP contribution is -2.35. The third kappa shape index (κ3) is 4.75.